The largest absolute Gasteiger partial charge is 0.356 e. The Morgan fingerprint density at radius 2 is 2.04 bits per heavy atom. The summed E-state index contributed by atoms with van der Waals surface area (Å²) in [6, 6.07) is 0. The topological polar surface area (TPSA) is 105 Å². The fourth-order valence-electron chi connectivity index (χ4n) is 2.12. The summed E-state index contributed by atoms with van der Waals surface area (Å²) in [5.41, 5.74) is 0. The Morgan fingerprint density at radius 3 is 2.67 bits per heavy atom. The minimum absolute atomic E-state index is 0.128. The standard InChI is InChI=1S/C14H29N7O2S/c1-5-13-19-18-12-21(13)11-9-17-14(15-3)16-8-7-10-20(4)24(22,23)6-2/h12H,5-11H2,1-4H3,(H2,15,16,17). The zero-order valence-corrected chi connectivity index (χ0v) is 15.8. The van der Waals surface area contributed by atoms with Crippen LogP contribution in [-0.2, 0) is 23.0 Å². The molecule has 24 heavy (non-hydrogen) atoms. The van der Waals surface area contributed by atoms with E-state index in [1.165, 1.54) is 4.31 Å². The van der Waals surface area contributed by atoms with Crippen molar-refractivity contribution >= 4 is 16.0 Å². The third-order valence-electron chi connectivity index (χ3n) is 3.66. The van der Waals surface area contributed by atoms with Crippen LogP contribution in [0.25, 0.3) is 0 Å². The molecule has 1 heterocycles. The minimum Gasteiger partial charge on any atom is -0.356 e. The number of sulfonamides is 1. The van der Waals surface area contributed by atoms with E-state index in [-0.39, 0.29) is 5.75 Å². The number of hydrogen-bond acceptors (Lipinski definition) is 5. The molecule has 10 heteroatoms. The Bertz CT molecular complexity index is 612. The molecule has 0 saturated carbocycles. The van der Waals surface area contributed by atoms with Crippen molar-refractivity contribution in [3.8, 4) is 0 Å². The van der Waals surface area contributed by atoms with Crippen LogP contribution in [0.5, 0.6) is 0 Å². The molecule has 0 amide bonds. The lowest BCUT2D eigenvalue weighted by molar-refractivity contribution is 0.461. The van der Waals surface area contributed by atoms with Crippen molar-refractivity contribution in [3.63, 3.8) is 0 Å². The van der Waals surface area contributed by atoms with Crippen LogP contribution in [0.15, 0.2) is 11.3 Å². The minimum atomic E-state index is -3.11. The summed E-state index contributed by atoms with van der Waals surface area (Å²) in [6.45, 7) is 6.29. The van der Waals surface area contributed by atoms with Crippen molar-refractivity contribution in [1.29, 1.82) is 0 Å². The van der Waals surface area contributed by atoms with E-state index in [1.807, 2.05) is 11.5 Å². The smallest absolute Gasteiger partial charge is 0.213 e. The number of aliphatic imine (C=N–C) groups is 1. The van der Waals surface area contributed by atoms with Crippen LogP contribution in [-0.4, -0.2) is 72.9 Å². The molecule has 0 aliphatic carbocycles. The predicted molar refractivity (Wildman–Crippen MR) is 95.5 cm³/mol. The molecule has 0 radical (unpaired) electrons. The average molecular weight is 360 g/mol. The second-order valence-corrected chi connectivity index (χ2v) is 7.66. The van der Waals surface area contributed by atoms with Crippen molar-refractivity contribution in [3.05, 3.63) is 12.2 Å². The van der Waals surface area contributed by atoms with Crippen LogP contribution in [0.3, 0.4) is 0 Å². The molecule has 1 aromatic rings. The summed E-state index contributed by atoms with van der Waals surface area (Å²) < 4.78 is 26.7. The number of nitrogens with one attached hydrogen (secondary N) is 2. The summed E-state index contributed by atoms with van der Waals surface area (Å²) >= 11 is 0. The maximum absolute atomic E-state index is 11.6. The molecule has 138 valence electrons. The molecule has 1 rings (SSSR count). The molecule has 0 unspecified atom stereocenters. The van der Waals surface area contributed by atoms with E-state index >= 15 is 0 Å². The molecule has 0 atom stereocenters. The van der Waals surface area contributed by atoms with Gasteiger partial charge in [0.2, 0.25) is 10.0 Å². The third-order valence-corrected chi connectivity index (χ3v) is 5.52. The summed E-state index contributed by atoms with van der Waals surface area (Å²) in [4.78, 5) is 4.15. The number of hydrogen-bond donors (Lipinski definition) is 2. The first kappa shape index (κ1) is 20.4. The fraction of sp³-hybridized carbons (Fsp3) is 0.786. The molecule has 2 N–H and O–H groups in total. The average Bonchev–Trinajstić information content (AvgIpc) is 3.04. The molecule has 0 aliphatic heterocycles. The van der Waals surface area contributed by atoms with Crippen LogP contribution in [0.1, 0.15) is 26.1 Å². The summed E-state index contributed by atoms with van der Waals surface area (Å²) in [5.74, 6) is 1.78. The highest BCUT2D eigenvalue weighted by molar-refractivity contribution is 7.89. The maximum atomic E-state index is 11.6. The highest BCUT2D eigenvalue weighted by Gasteiger charge is 2.13. The summed E-state index contributed by atoms with van der Waals surface area (Å²) in [7, 11) is 0.210. The van der Waals surface area contributed by atoms with Gasteiger partial charge in [-0.1, -0.05) is 6.92 Å². The number of nitrogens with zero attached hydrogens (tertiary/aromatic N) is 5. The van der Waals surface area contributed by atoms with E-state index in [4.69, 9.17) is 0 Å². The van der Waals surface area contributed by atoms with Crippen LogP contribution in [0.2, 0.25) is 0 Å². The monoisotopic (exact) mass is 359 g/mol. The molecule has 0 saturated heterocycles. The van der Waals surface area contributed by atoms with E-state index in [9.17, 15) is 8.42 Å². The van der Waals surface area contributed by atoms with Gasteiger partial charge in [0.25, 0.3) is 0 Å². The van der Waals surface area contributed by atoms with Gasteiger partial charge in [-0.05, 0) is 13.3 Å². The first-order valence-electron chi connectivity index (χ1n) is 8.19. The van der Waals surface area contributed by atoms with Crippen LogP contribution in [0, 0.1) is 0 Å². The van der Waals surface area contributed by atoms with Gasteiger partial charge in [0.15, 0.2) is 5.96 Å². The normalized spacial score (nSPS) is 12.6. The lowest BCUT2D eigenvalue weighted by Gasteiger charge is -2.17. The van der Waals surface area contributed by atoms with E-state index in [1.54, 1.807) is 27.3 Å². The molecule has 0 aliphatic rings. The van der Waals surface area contributed by atoms with Gasteiger partial charge in [-0.25, -0.2) is 12.7 Å². The quantitative estimate of drug-likeness (QED) is 0.337. The molecule has 1 aromatic heterocycles. The van der Waals surface area contributed by atoms with Crippen LogP contribution >= 0.6 is 0 Å². The van der Waals surface area contributed by atoms with Gasteiger partial charge in [-0.3, -0.25) is 4.99 Å². The zero-order valence-electron chi connectivity index (χ0n) is 15.0. The Labute approximate surface area is 144 Å². The van der Waals surface area contributed by atoms with Gasteiger partial charge in [-0.15, -0.1) is 10.2 Å². The first-order chi connectivity index (χ1) is 11.4. The van der Waals surface area contributed by atoms with Gasteiger partial charge in [0.1, 0.15) is 12.2 Å². The zero-order chi connectivity index (χ0) is 18.0. The molecule has 0 aromatic carbocycles. The van der Waals surface area contributed by atoms with Crippen molar-refractivity contribution < 1.29 is 8.42 Å². The maximum Gasteiger partial charge on any atom is 0.213 e. The lowest BCUT2D eigenvalue weighted by Crippen LogP contribution is -2.40. The van der Waals surface area contributed by atoms with E-state index in [2.05, 4.69) is 25.8 Å². The summed E-state index contributed by atoms with van der Waals surface area (Å²) in [6.07, 6.45) is 3.28. The van der Waals surface area contributed by atoms with E-state index in [0.29, 0.717) is 32.0 Å². The number of aromatic nitrogens is 3. The van der Waals surface area contributed by atoms with Gasteiger partial charge in [0.05, 0.1) is 5.75 Å². The number of rotatable bonds is 10. The van der Waals surface area contributed by atoms with Crippen molar-refractivity contribution in [1.82, 2.24) is 29.7 Å². The van der Waals surface area contributed by atoms with Gasteiger partial charge in [-0.2, -0.15) is 0 Å². The highest BCUT2D eigenvalue weighted by Crippen LogP contribution is 1.98. The summed E-state index contributed by atoms with van der Waals surface area (Å²) in [5, 5.41) is 14.3. The molecular formula is C14H29N7O2S. The van der Waals surface area contributed by atoms with Gasteiger partial charge in [0, 0.05) is 46.7 Å². The van der Waals surface area contributed by atoms with E-state index in [0.717, 1.165) is 18.8 Å². The van der Waals surface area contributed by atoms with Crippen molar-refractivity contribution in [2.45, 2.75) is 33.2 Å². The Kier molecular flexibility index (Phi) is 8.69. The predicted octanol–water partition coefficient (Wildman–Crippen LogP) is -0.323. The first-order valence-corrected chi connectivity index (χ1v) is 9.80. The molecule has 0 spiro atoms. The molecule has 0 bridgehead atoms. The SMILES string of the molecule is CCc1nncn1CCNC(=NC)NCCCN(C)S(=O)(=O)CC. The van der Waals surface area contributed by atoms with Gasteiger partial charge >= 0.3 is 0 Å². The Balaban J connectivity index is 2.26. The molecule has 9 nitrogen and oxygen atoms in total. The third kappa shape index (κ3) is 6.44. The second kappa shape index (κ2) is 10.2. The van der Waals surface area contributed by atoms with E-state index < -0.39 is 10.0 Å². The van der Waals surface area contributed by atoms with Crippen LogP contribution in [0.4, 0.5) is 0 Å². The second-order valence-electron chi connectivity index (χ2n) is 5.30. The number of aryl methyl sites for hydroxylation is 1. The fourth-order valence-corrected chi connectivity index (χ4v) is 2.97. The lowest BCUT2D eigenvalue weighted by atomic mass is 10.4. The van der Waals surface area contributed by atoms with Gasteiger partial charge < -0.3 is 15.2 Å². The Morgan fingerprint density at radius 1 is 1.33 bits per heavy atom. The van der Waals surface area contributed by atoms with Crippen molar-refractivity contribution in [2.24, 2.45) is 4.99 Å². The highest BCUT2D eigenvalue weighted by atomic mass is 32.2. The molecule has 0 fully saturated rings. The van der Waals surface area contributed by atoms with Crippen LogP contribution < -0.4 is 10.6 Å². The van der Waals surface area contributed by atoms with Crippen molar-refractivity contribution in [2.75, 3.05) is 39.5 Å². The molecular weight excluding hydrogens is 330 g/mol. The Hall–Kier alpha value is -1.68. The number of guanidine groups is 1.